The lowest BCUT2D eigenvalue weighted by atomic mass is 10.1. The number of alkyl halides is 3. The summed E-state index contributed by atoms with van der Waals surface area (Å²) < 4.78 is 48.7. The molecule has 0 bridgehead atoms. The maximum atomic E-state index is 12.7. The first kappa shape index (κ1) is 12.3. The number of carbonyl (C=O) groups is 1. The number of hydrogen-bond donors (Lipinski definition) is 0. The molecule has 15 heavy (non-hydrogen) atoms. The average Bonchev–Trinajstić information content (AvgIpc) is 2.08. The first-order chi connectivity index (χ1) is 6.73. The van der Waals surface area contributed by atoms with E-state index in [2.05, 4.69) is 0 Å². The smallest absolute Gasteiger partial charge is 0.284 e. The Morgan fingerprint density at radius 3 is 2.20 bits per heavy atom. The van der Waals surface area contributed by atoms with E-state index in [1.165, 1.54) is 0 Å². The minimum atomic E-state index is -5.11. The summed E-state index contributed by atoms with van der Waals surface area (Å²) in [7, 11) is 0. The standard InChI is InChI=1S/C8H2Cl2F4O/c9-5-2-3(11)1-4(6(5)10)7(15)8(12,13)14/h1-2H. The molecule has 0 saturated heterocycles. The summed E-state index contributed by atoms with van der Waals surface area (Å²) in [5, 5.41) is -1.05. The SMILES string of the molecule is O=C(c1cc(F)cc(Cl)c1Cl)C(F)(F)F. The minimum Gasteiger partial charge on any atom is -0.284 e. The largest absolute Gasteiger partial charge is 0.454 e. The molecule has 0 aliphatic heterocycles. The highest BCUT2D eigenvalue weighted by Gasteiger charge is 2.40. The third kappa shape index (κ3) is 2.60. The van der Waals surface area contributed by atoms with E-state index in [4.69, 9.17) is 23.2 Å². The zero-order valence-electron chi connectivity index (χ0n) is 6.83. The second-order valence-electron chi connectivity index (χ2n) is 2.58. The summed E-state index contributed by atoms with van der Waals surface area (Å²) in [6, 6.07) is 1.11. The molecule has 0 aliphatic carbocycles. The van der Waals surface area contributed by atoms with Crippen LogP contribution in [0.5, 0.6) is 0 Å². The van der Waals surface area contributed by atoms with Gasteiger partial charge in [-0.05, 0) is 12.1 Å². The van der Waals surface area contributed by atoms with Gasteiger partial charge in [0.1, 0.15) is 5.82 Å². The van der Waals surface area contributed by atoms with Gasteiger partial charge in [0.2, 0.25) is 0 Å². The summed E-state index contributed by atoms with van der Waals surface area (Å²) in [5.74, 6) is -3.29. The highest BCUT2D eigenvalue weighted by Crippen LogP contribution is 2.31. The van der Waals surface area contributed by atoms with Crippen molar-refractivity contribution in [1.29, 1.82) is 0 Å². The van der Waals surface area contributed by atoms with Gasteiger partial charge in [0.05, 0.1) is 15.6 Å². The van der Waals surface area contributed by atoms with E-state index in [1.54, 1.807) is 0 Å². The van der Waals surface area contributed by atoms with Crippen molar-refractivity contribution in [1.82, 2.24) is 0 Å². The van der Waals surface area contributed by atoms with E-state index in [1.807, 2.05) is 0 Å². The Kier molecular flexibility index (Phi) is 3.25. The molecule has 0 atom stereocenters. The van der Waals surface area contributed by atoms with E-state index in [-0.39, 0.29) is 0 Å². The van der Waals surface area contributed by atoms with Crippen molar-refractivity contribution in [3.8, 4) is 0 Å². The normalized spacial score (nSPS) is 11.6. The van der Waals surface area contributed by atoms with Crippen molar-refractivity contribution in [3.63, 3.8) is 0 Å². The molecule has 1 aromatic rings. The van der Waals surface area contributed by atoms with Crippen LogP contribution in [0.1, 0.15) is 10.4 Å². The van der Waals surface area contributed by atoms with Gasteiger partial charge < -0.3 is 0 Å². The van der Waals surface area contributed by atoms with Gasteiger partial charge in [0.25, 0.3) is 5.78 Å². The molecule has 0 unspecified atom stereocenters. The molecule has 82 valence electrons. The summed E-state index contributed by atoms with van der Waals surface area (Å²) in [6.45, 7) is 0. The summed E-state index contributed by atoms with van der Waals surface area (Å²) in [4.78, 5) is 10.8. The predicted octanol–water partition coefficient (Wildman–Crippen LogP) is 3.88. The van der Waals surface area contributed by atoms with E-state index < -0.39 is 33.4 Å². The van der Waals surface area contributed by atoms with Crippen LogP contribution >= 0.6 is 23.2 Å². The Hall–Kier alpha value is -0.810. The van der Waals surface area contributed by atoms with Crippen molar-refractivity contribution in [2.24, 2.45) is 0 Å². The number of ketones is 1. The number of rotatable bonds is 1. The molecule has 1 nitrogen and oxygen atoms in total. The first-order valence-electron chi connectivity index (χ1n) is 3.49. The van der Waals surface area contributed by atoms with Gasteiger partial charge in [0.15, 0.2) is 0 Å². The van der Waals surface area contributed by atoms with Crippen molar-refractivity contribution < 1.29 is 22.4 Å². The van der Waals surface area contributed by atoms with Gasteiger partial charge in [-0.15, -0.1) is 0 Å². The number of halogens is 6. The fourth-order valence-electron chi connectivity index (χ4n) is 0.874. The summed E-state index contributed by atoms with van der Waals surface area (Å²) >= 11 is 10.7. The number of hydrogen-bond acceptors (Lipinski definition) is 1. The molecule has 0 aliphatic rings. The van der Waals surface area contributed by atoms with Crippen LogP contribution in [0.2, 0.25) is 10.0 Å². The van der Waals surface area contributed by atoms with Crippen LogP contribution in [0.15, 0.2) is 12.1 Å². The van der Waals surface area contributed by atoms with E-state index in [9.17, 15) is 22.4 Å². The van der Waals surface area contributed by atoms with Crippen molar-refractivity contribution >= 4 is 29.0 Å². The van der Waals surface area contributed by atoms with Gasteiger partial charge in [-0.25, -0.2) is 4.39 Å². The minimum absolute atomic E-state index is 0.393. The third-order valence-corrected chi connectivity index (χ3v) is 2.30. The van der Waals surface area contributed by atoms with Crippen molar-refractivity contribution in [3.05, 3.63) is 33.6 Å². The fraction of sp³-hybridized carbons (Fsp3) is 0.125. The van der Waals surface area contributed by atoms with Crippen LogP contribution < -0.4 is 0 Å². The highest BCUT2D eigenvalue weighted by molar-refractivity contribution is 6.44. The molecule has 0 aromatic heterocycles. The Morgan fingerprint density at radius 1 is 1.20 bits per heavy atom. The Balaban J connectivity index is 3.32. The molecule has 0 spiro atoms. The molecule has 0 fully saturated rings. The quantitative estimate of drug-likeness (QED) is 0.426. The lowest BCUT2D eigenvalue weighted by molar-refractivity contribution is -0.0885. The fourth-order valence-corrected chi connectivity index (χ4v) is 1.27. The molecule has 0 radical (unpaired) electrons. The van der Waals surface area contributed by atoms with Gasteiger partial charge in [-0.2, -0.15) is 13.2 Å². The van der Waals surface area contributed by atoms with E-state index in [0.717, 1.165) is 6.07 Å². The molecule has 0 N–H and O–H groups in total. The van der Waals surface area contributed by atoms with Crippen LogP contribution in [-0.4, -0.2) is 12.0 Å². The average molecular weight is 261 g/mol. The third-order valence-electron chi connectivity index (χ3n) is 1.50. The number of benzene rings is 1. The second kappa shape index (κ2) is 3.98. The molecule has 1 aromatic carbocycles. The highest BCUT2D eigenvalue weighted by atomic mass is 35.5. The number of Topliss-reactive ketones (excluding diaryl/α,β-unsaturated/α-hetero) is 1. The molecular formula is C8H2Cl2F4O. The zero-order valence-corrected chi connectivity index (χ0v) is 8.34. The van der Waals surface area contributed by atoms with Crippen LogP contribution in [0.3, 0.4) is 0 Å². The van der Waals surface area contributed by atoms with E-state index >= 15 is 0 Å². The number of carbonyl (C=O) groups excluding carboxylic acids is 1. The Morgan fingerprint density at radius 2 is 1.73 bits per heavy atom. The Bertz CT molecular complexity index is 414. The summed E-state index contributed by atoms with van der Waals surface area (Å²) in [6.07, 6.45) is -5.11. The van der Waals surface area contributed by atoms with Gasteiger partial charge in [0, 0.05) is 0 Å². The molecule has 0 heterocycles. The topological polar surface area (TPSA) is 17.1 Å². The Labute approximate surface area is 91.6 Å². The molecule has 1 rings (SSSR count). The van der Waals surface area contributed by atoms with Crippen LogP contribution in [0, 0.1) is 5.82 Å². The lowest BCUT2D eigenvalue weighted by Gasteiger charge is -2.07. The maximum absolute atomic E-state index is 12.7. The molecule has 7 heteroatoms. The lowest BCUT2D eigenvalue weighted by Crippen LogP contribution is -2.23. The summed E-state index contributed by atoms with van der Waals surface area (Å²) in [5.41, 5.74) is -0.992. The van der Waals surface area contributed by atoms with Gasteiger partial charge in [-0.3, -0.25) is 4.79 Å². The zero-order chi connectivity index (χ0) is 11.8. The van der Waals surface area contributed by atoms with Crippen LogP contribution in [0.25, 0.3) is 0 Å². The van der Waals surface area contributed by atoms with Crippen molar-refractivity contribution in [2.75, 3.05) is 0 Å². The van der Waals surface area contributed by atoms with E-state index in [0.29, 0.717) is 6.07 Å². The van der Waals surface area contributed by atoms with Gasteiger partial charge >= 0.3 is 6.18 Å². The van der Waals surface area contributed by atoms with Crippen LogP contribution in [0.4, 0.5) is 17.6 Å². The molecule has 0 saturated carbocycles. The first-order valence-corrected chi connectivity index (χ1v) is 4.25. The molecule has 0 amide bonds. The molecular weight excluding hydrogens is 259 g/mol. The second-order valence-corrected chi connectivity index (χ2v) is 3.36. The van der Waals surface area contributed by atoms with Crippen molar-refractivity contribution in [2.45, 2.75) is 6.18 Å². The maximum Gasteiger partial charge on any atom is 0.454 e. The van der Waals surface area contributed by atoms with Gasteiger partial charge in [-0.1, -0.05) is 23.2 Å². The predicted molar refractivity (Wildman–Crippen MR) is 46.8 cm³/mol. The monoisotopic (exact) mass is 260 g/mol. The van der Waals surface area contributed by atoms with Crippen LogP contribution in [-0.2, 0) is 0 Å².